The van der Waals surface area contributed by atoms with Gasteiger partial charge in [-0.05, 0) is 31.9 Å². The molecule has 0 heterocycles. The summed E-state index contributed by atoms with van der Waals surface area (Å²) in [7, 11) is 1.32. The Morgan fingerprint density at radius 3 is 2.57 bits per heavy atom. The van der Waals surface area contributed by atoms with E-state index in [1.807, 2.05) is 19.9 Å². The number of nitrogens with zero attached hydrogens (tertiary/aromatic N) is 1. The first-order chi connectivity index (χ1) is 13.2. The zero-order valence-electron chi connectivity index (χ0n) is 15.8. The molecule has 0 aromatic heterocycles. The maximum Gasteiger partial charge on any atom is 0.270 e. The molecule has 2 aromatic carbocycles. The van der Waals surface area contributed by atoms with Crippen molar-refractivity contribution in [3.05, 3.63) is 74.9 Å². The number of rotatable bonds is 7. The van der Waals surface area contributed by atoms with E-state index in [4.69, 9.17) is 4.74 Å². The van der Waals surface area contributed by atoms with E-state index >= 15 is 0 Å². The average Bonchev–Trinajstić information content (AvgIpc) is 2.65. The average molecular weight is 383 g/mol. The van der Waals surface area contributed by atoms with Crippen molar-refractivity contribution in [1.82, 2.24) is 0 Å². The van der Waals surface area contributed by atoms with Crippen LogP contribution in [0.3, 0.4) is 0 Å². The summed E-state index contributed by atoms with van der Waals surface area (Å²) < 4.78 is 5.13. The Hall–Kier alpha value is -3.61. The molecule has 0 fully saturated rings. The Bertz CT molecular complexity index is 971. The van der Waals surface area contributed by atoms with E-state index in [0.29, 0.717) is 5.56 Å². The predicted octanol–water partition coefficient (Wildman–Crippen LogP) is 4.42. The molecule has 0 spiro atoms. The fourth-order valence-corrected chi connectivity index (χ4v) is 2.58. The number of aromatic hydroxyl groups is 2. The maximum atomic E-state index is 12.7. The number of ether oxygens (including phenoxy) is 1. The van der Waals surface area contributed by atoms with Gasteiger partial charge in [-0.25, -0.2) is 0 Å². The van der Waals surface area contributed by atoms with Gasteiger partial charge in [0.15, 0.2) is 5.78 Å². The second-order valence-electron chi connectivity index (χ2n) is 6.34. The minimum atomic E-state index is -0.556. The molecule has 0 aliphatic heterocycles. The molecule has 0 bridgehead atoms. The number of carbonyl (C=O) groups is 1. The molecule has 0 amide bonds. The van der Waals surface area contributed by atoms with Crippen molar-refractivity contribution in [1.29, 1.82) is 0 Å². The highest BCUT2D eigenvalue weighted by molar-refractivity contribution is 6.11. The number of phenolic OH excluding ortho intramolecular Hbond substituents is 2. The largest absolute Gasteiger partial charge is 0.507 e. The van der Waals surface area contributed by atoms with Gasteiger partial charge >= 0.3 is 0 Å². The van der Waals surface area contributed by atoms with Gasteiger partial charge in [0, 0.05) is 23.8 Å². The third kappa shape index (κ3) is 4.76. The summed E-state index contributed by atoms with van der Waals surface area (Å²) in [4.78, 5) is 23.0. The number of non-ortho nitro benzene ring substituents is 1. The zero-order chi connectivity index (χ0) is 20.8. The van der Waals surface area contributed by atoms with Crippen LogP contribution in [0.2, 0.25) is 0 Å². The van der Waals surface area contributed by atoms with Crippen LogP contribution >= 0.6 is 0 Å². The number of nitro benzene ring substituents is 1. The number of hydrogen-bond donors (Lipinski definition) is 2. The molecular formula is C21H21NO6. The zero-order valence-corrected chi connectivity index (χ0v) is 15.8. The topological polar surface area (TPSA) is 110 Å². The maximum absolute atomic E-state index is 12.7. The van der Waals surface area contributed by atoms with Crippen molar-refractivity contribution in [2.24, 2.45) is 0 Å². The summed E-state index contributed by atoms with van der Waals surface area (Å²) in [6.07, 6.45) is 4.67. The van der Waals surface area contributed by atoms with Crippen LogP contribution in [-0.4, -0.2) is 28.0 Å². The van der Waals surface area contributed by atoms with E-state index in [1.165, 1.54) is 43.5 Å². The minimum Gasteiger partial charge on any atom is -0.507 e. The quantitative estimate of drug-likeness (QED) is 0.241. The van der Waals surface area contributed by atoms with Gasteiger partial charge in [0.25, 0.3) is 5.69 Å². The van der Waals surface area contributed by atoms with Crippen LogP contribution in [0.15, 0.2) is 48.1 Å². The number of methoxy groups -OCH3 is 1. The molecule has 2 N–H and O–H groups in total. The highest BCUT2D eigenvalue weighted by Gasteiger charge is 2.21. The number of hydrogen-bond acceptors (Lipinski definition) is 6. The third-order valence-corrected chi connectivity index (χ3v) is 4.03. The van der Waals surface area contributed by atoms with Gasteiger partial charge in [-0.15, -0.1) is 0 Å². The molecular weight excluding hydrogens is 362 g/mol. The summed E-state index contributed by atoms with van der Waals surface area (Å²) in [5.41, 5.74) is 1.49. The molecule has 2 rings (SSSR count). The predicted molar refractivity (Wildman–Crippen MR) is 106 cm³/mol. The Morgan fingerprint density at radius 2 is 1.96 bits per heavy atom. The van der Waals surface area contributed by atoms with E-state index in [1.54, 1.807) is 6.07 Å². The molecule has 28 heavy (non-hydrogen) atoms. The first kappa shape index (κ1) is 20.7. The fourth-order valence-electron chi connectivity index (χ4n) is 2.58. The second-order valence-corrected chi connectivity index (χ2v) is 6.34. The van der Waals surface area contributed by atoms with Crippen LogP contribution in [0.25, 0.3) is 6.08 Å². The van der Waals surface area contributed by atoms with Crippen LogP contribution in [-0.2, 0) is 6.42 Å². The molecule has 0 aliphatic carbocycles. The molecule has 7 nitrogen and oxygen atoms in total. The van der Waals surface area contributed by atoms with E-state index in [9.17, 15) is 25.1 Å². The summed E-state index contributed by atoms with van der Waals surface area (Å²) in [5.74, 6) is -1.06. The van der Waals surface area contributed by atoms with Gasteiger partial charge in [0.1, 0.15) is 22.8 Å². The summed E-state index contributed by atoms with van der Waals surface area (Å²) in [5, 5.41) is 31.6. The third-order valence-electron chi connectivity index (χ3n) is 4.03. The van der Waals surface area contributed by atoms with Gasteiger partial charge in [-0.3, -0.25) is 14.9 Å². The molecule has 0 radical (unpaired) electrons. The molecule has 0 saturated carbocycles. The van der Waals surface area contributed by atoms with Crippen LogP contribution in [0.4, 0.5) is 5.69 Å². The van der Waals surface area contributed by atoms with Crippen molar-refractivity contribution in [3.63, 3.8) is 0 Å². The Kier molecular flexibility index (Phi) is 6.55. The van der Waals surface area contributed by atoms with Crippen molar-refractivity contribution in [2.75, 3.05) is 7.11 Å². The van der Waals surface area contributed by atoms with E-state index in [-0.39, 0.29) is 40.5 Å². The summed E-state index contributed by atoms with van der Waals surface area (Å²) >= 11 is 0. The number of benzene rings is 2. The monoisotopic (exact) mass is 383 g/mol. The number of phenols is 2. The molecule has 146 valence electrons. The van der Waals surface area contributed by atoms with Crippen molar-refractivity contribution < 1.29 is 24.7 Å². The molecule has 0 aliphatic rings. The van der Waals surface area contributed by atoms with Gasteiger partial charge in [0.05, 0.1) is 12.0 Å². The number of allylic oxidation sites excluding steroid dienone is 3. The van der Waals surface area contributed by atoms with Crippen LogP contribution < -0.4 is 4.74 Å². The lowest BCUT2D eigenvalue weighted by Gasteiger charge is -2.13. The van der Waals surface area contributed by atoms with E-state index in [2.05, 4.69) is 0 Å². The second kappa shape index (κ2) is 8.85. The summed E-state index contributed by atoms with van der Waals surface area (Å²) in [6, 6.07) is 7.09. The number of nitro groups is 1. The van der Waals surface area contributed by atoms with Crippen molar-refractivity contribution in [2.45, 2.75) is 20.3 Å². The molecule has 0 unspecified atom stereocenters. The van der Waals surface area contributed by atoms with E-state index in [0.717, 1.165) is 5.57 Å². The lowest BCUT2D eigenvalue weighted by molar-refractivity contribution is -0.384. The first-order valence-corrected chi connectivity index (χ1v) is 8.46. The Morgan fingerprint density at radius 1 is 1.25 bits per heavy atom. The number of carbonyl (C=O) groups excluding carboxylic acids is 1. The van der Waals surface area contributed by atoms with Gasteiger partial charge in [0.2, 0.25) is 0 Å². The highest BCUT2D eigenvalue weighted by atomic mass is 16.6. The van der Waals surface area contributed by atoms with Crippen LogP contribution in [0.1, 0.15) is 35.3 Å². The number of ketones is 1. The lowest BCUT2D eigenvalue weighted by Crippen LogP contribution is -2.02. The smallest absolute Gasteiger partial charge is 0.270 e. The van der Waals surface area contributed by atoms with Crippen LogP contribution in [0.5, 0.6) is 17.2 Å². The van der Waals surface area contributed by atoms with Crippen molar-refractivity contribution >= 4 is 17.5 Å². The van der Waals surface area contributed by atoms with E-state index < -0.39 is 10.7 Å². The molecule has 0 saturated heterocycles. The molecule has 2 aromatic rings. The Labute approximate surface area is 162 Å². The Balaban J connectivity index is 2.43. The van der Waals surface area contributed by atoms with Gasteiger partial charge in [-0.2, -0.15) is 0 Å². The van der Waals surface area contributed by atoms with Gasteiger partial charge < -0.3 is 14.9 Å². The van der Waals surface area contributed by atoms with Crippen LogP contribution in [0, 0.1) is 10.1 Å². The molecule has 0 atom stereocenters. The SMILES string of the molecule is COc1cc(O)c(CC=C(C)C)c(O)c1C(=O)/C=C/c1cccc([N+](=O)[O-])c1. The normalized spacial score (nSPS) is 10.7. The molecule has 7 heteroatoms. The lowest BCUT2D eigenvalue weighted by atomic mass is 9.99. The fraction of sp³-hybridized carbons (Fsp3) is 0.190. The standard InChI is InChI=1S/C21H21NO6/c1-13(2)7-9-16-18(24)12-19(28-3)20(21(16)25)17(23)10-8-14-5-4-6-15(11-14)22(26)27/h4-8,10-12,24-25H,9H2,1-3H3/b10-8+. The minimum absolute atomic E-state index is 0.0321. The highest BCUT2D eigenvalue weighted by Crippen LogP contribution is 2.39. The first-order valence-electron chi connectivity index (χ1n) is 8.46. The summed E-state index contributed by atoms with van der Waals surface area (Å²) in [6.45, 7) is 3.76. The van der Waals surface area contributed by atoms with Gasteiger partial charge in [-0.1, -0.05) is 29.9 Å². The van der Waals surface area contributed by atoms with Crippen molar-refractivity contribution in [3.8, 4) is 17.2 Å².